The molecule has 0 fully saturated rings. The highest BCUT2D eigenvalue weighted by Gasteiger charge is 2.23. The van der Waals surface area contributed by atoms with Crippen molar-refractivity contribution in [1.82, 2.24) is 0 Å². The van der Waals surface area contributed by atoms with Crippen LogP contribution in [-0.2, 0) is 9.53 Å². The van der Waals surface area contributed by atoms with Crippen molar-refractivity contribution < 1.29 is 9.53 Å². The second-order valence-corrected chi connectivity index (χ2v) is 7.10. The van der Waals surface area contributed by atoms with Gasteiger partial charge in [-0.15, -0.1) is 12.6 Å². The summed E-state index contributed by atoms with van der Waals surface area (Å²) in [6.45, 7) is 1.41. The molecule has 0 N–H and O–H groups in total. The normalized spacial score (nSPS) is 12.2. The SMILES string of the molecule is CC(=O)O[C@@H](S)P(c1ccccc1)c1ccccc1. The second kappa shape index (κ2) is 6.74. The molecule has 0 unspecified atom stereocenters. The van der Waals surface area contributed by atoms with Gasteiger partial charge in [0, 0.05) is 14.8 Å². The molecule has 1 atom stereocenters. The summed E-state index contributed by atoms with van der Waals surface area (Å²) in [7, 11) is -0.823. The molecule has 0 radical (unpaired) electrons. The van der Waals surface area contributed by atoms with Gasteiger partial charge >= 0.3 is 5.97 Å². The molecular weight excluding hydrogens is 275 g/mol. The largest absolute Gasteiger partial charge is 0.446 e. The van der Waals surface area contributed by atoms with Crippen molar-refractivity contribution in [2.45, 2.75) is 12.1 Å². The third-order valence-corrected chi connectivity index (χ3v) is 5.62. The lowest BCUT2D eigenvalue weighted by Crippen LogP contribution is -2.21. The Morgan fingerprint density at radius 2 is 1.42 bits per heavy atom. The van der Waals surface area contributed by atoms with E-state index in [9.17, 15) is 4.79 Å². The molecule has 0 aliphatic heterocycles. The average molecular weight is 290 g/mol. The summed E-state index contributed by atoms with van der Waals surface area (Å²) in [5, 5.41) is 1.85. The molecule has 98 valence electrons. The predicted molar refractivity (Wildman–Crippen MR) is 83.6 cm³/mol. The van der Waals surface area contributed by atoms with Gasteiger partial charge in [0.15, 0.2) is 5.18 Å². The zero-order valence-electron chi connectivity index (χ0n) is 10.6. The van der Waals surface area contributed by atoms with Gasteiger partial charge in [0.25, 0.3) is 0 Å². The van der Waals surface area contributed by atoms with E-state index in [-0.39, 0.29) is 5.97 Å². The molecule has 0 bridgehead atoms. The monoisotopic (exact) mass is 290 g/mol. The van der Waals surface area contributed by atoms with Gasteiger partial charge in [-0.3, -0.25) is 4.79 Å². The number of benzene rings is 2. The van der Waals surface area contributed by atoms with Crippen molar-refractivity contribution in [1.29, 1.82) is 0 Å². The zero-order valence-corrected chi connectivity index (χ0v) is 12.4. The number of hydrogen-bond donors (Lipinski definition) is 1. The molecule has 0 spiro atoms. The molecule has 0 saturated heterocycles. The molecule has 0 aromatic heterocycles. The fourth-order valence-electron chi connectivity index (χ4n) is 1.78. The summed E-state index contributed by atoms with van der Waals surface area (Å²) in [6, 6.07) is 20.1. The zero-order chi connectivity index (χ0) is 13.7. The molecule has 4 heteroatoms. The standard InChI is InChI=1S/C15H15O2PS/c1-12(16)17-15(19)18(13-8-4-2-5-9-13)14-10-6-3-7-11-14/h2-11,15,19H,1H3/t15-/m1/s1. The van der Waals surface area contributed by atoms with Crippen LogP contribution in [0.4, 0.5) is 0 Å². The van der Waals surface area contributed by atoms with Crippen molar-refractivity contribution in [2.75, 3.05) is 0 Å². The molecule has 0 aliphatic rings. The number of esters is 1. The van der Waals surface area contributed by atoms with E-state index in [2.05, 4.69) is 12.6 Å². The minimum absolute atomic E-state index is 0.306. The van der Waals surface area contributed by atoms with E-state index in [0.29, 0.717) is 0 Å². The van der Waals surface area contributed by atoms with Crippen LogP contribution in [0.3, 0.4) is 0 Å². The Labute approximate surface area is 120 Å². The minimum Gasteiger partial charge on any atom is -0.446 e. The average Bonchev–Trinajstić information content (AvgIpc) is 2.40. The second-order valence-electron chi connectivity index (χ2n) is 3.98. The molecule has 2 aromatic rings. The summed E-state index contributed by atoms with van der Waals surface area (Å²) in [5.41, 5.74) is 0. The quantitative estimate of drug-likeness (QED) is 0.405. The lowest BCUT2D eigenvalue weighted by Gasteiger charge is -2.24. The first kappa shape index (κ1) is 14.1. The third kappa shape index (κ3) is 3.82. The summed E-state index contributed by atoms with van der Waals surface area (Å²) < 4.78 is 5.28. The number of carbonyl (C=O) groups excluding carboxylic acids is 1. The van der Waals surface area contributed by atoms with Crippen LogP contribution in [0.2, 0.25) is 0 Å². The fraction of sp³-hybridized carbons (Fsp3) is 0.133. The van der Waals surface area contributed by atoms with Crippen LogP contribution in [-0.4, -0.2) is 11.1 Å². The van der Waals surface area contributed by atoms with Gasteiger partial charge in [-0.1, -0.05) is 60.7 Å². The van der Waals surface area contributed by atoms with E-state index in [1.165, 1.54) is 6.92 Å². The highest BCUT2D eigenvalue weighted by atomic mass is 32.1. The van der Waals surface area contributed by atoms with E-state index in [1.807, 2.05) is 60.7 Å². The van der Waals surface area contributed by atoms with Crippen LogP contribution < -0.4 is 10.6 Å². The topological polar surface area (TPSA) is 26.3 Å². The lowest BCUT2D eigenvalue weighted by molar-refractivity contribution is -0.139. The minimum atomic E-state index is -0.823. The Kier molecular flexibility index (Phi) is 5.00. The van der Waals surface area contributed by atoms with Crippen LogP contribution in [0.25, 0.3) is 0 Å². The molecule has 0 amide bonds. The van der Waals surface area contributed by atoms with Gasteiger partial charge in [0.05, 0.1) is 0 Å². The summed E-state index contributed by atoms with van der Waals surface area (Å²) in [4.78, 5) is 11.2. The molecule has 0 saturated carbocycles. The molecule has 0 heterocycles. The Hall–Kier alpha value is -1.31. The highest BCUT2D eigenvalue weighted by Crippen LogP contribution is 2.41. The highest BCUT2D eigenvalue weighted by molar-refractivity contribution is 7.94. The van der Waals surface area contributed by atoms with Crippen molar-refractivity contribution in [3.05, 3.63) is 60.7 Å². The Bertz CT molecular complexity index is 491. The molecular formula is C15H15O2PS. The Morgan fingerprint density at radius 1 is 1.00 bits per heavy atom. The first-order valence-corrected chi connectivity index (χ1v) is 7.86. The van der Waals surface area contributed by atoms with Crippen LogP contribution >= 0.6 is 20.6 Å². The van der Waals surface area contributed by atoms with Crippen LogP contribution in [0, 0.1) is 0 Å². The molecule has 19 heavy (non-hydrogen) atoms. The maximum Gasteiger partial charge on any atom is 0.304 e. The maximum atomic E-state index is 11.2. The van der Waals surface area contributed by atoms with Gasteiger partial charge in [0.2, 0.25) is 0 Å². The first-order valence-electron chi connectivity index (χ1n) is 5.93. The van der Waals surface area contributed by atoms with Crippen LogP contribution in [0.1, 0.15) is 6.92 Å². The summed E-state index contributed by atoms with van der Waals surface area (Å²) in [5.74, 6) is -0.306. The number of thiol groups is 1. The van der Waals surface area contributed by atoms with Crippen LogP contribution in [0.15, 0.2) is 60.7 Å². The van der Waals surface area contributed by atoms with E-state index in [0.717, 1.165) is 10.6 Å². The third-order valence-electron chi connectivity index (χ3n) is 2.56. The Morgan fingerprint density at radius 3 is 1.79 bits per heavy atom. The van der Waals surface area contributed by atoms with E-state index < -0.39 is 13.1 Å². The summed E-state index contributed by atoms with van der Waals surface area (Å²) >= 11 is 4.47. The predicted octanol–water partition coefficient (Wildman–Crippen LogP) is 2.90. The molecule has 0 aliphatic carbocycles. The fourth-order valence-corrected chi connectivity index (χ4v) is 4.78. The number of ether oxygens (including phenoxy) is 1. The van der Waals surface area contributed by atoms with Crippen molar-refractivity contribution in [3.63, 3.8) is 0 Å². The summed E-state index contributed by atoms with van der Waals surface area (Å²) in [6.07, 6.45) is 0. The number of hydrogen-bond acceptors (Lipinski definition) is 3. The van der Waals surface area contributed by atoms with E-state index in [1.54, 1.807) is 0 Å². The molecule has 2 nitrogen and oxygen atoms in total. The van der Waals surface area contributed by atoms with Gasteiger partial charge < -0.3 is 4.74 Å². The van der Waals surface area contributed by atoms with Gasteiger partial charge in [-0.2, -0.15) is 0 Å². The lowest BCUT2D eigenvalue weighted by atomic mass is 10.4. The van der Waals surface area contributed by atoms with Gasteiger partial charge in [0.1, 0.15) is 0 Å². The van der Waals surface area contributed by atoms with Crippen molar-refractivity contribution in [2.24, 2.45) is 0 Å². The van der Waals surface area contributed by atoms with Crippen molar-refractivity contribution in [3.8, 4) is 0 Å². The smallest absolute Gasteiger partial charge is 0.304 e. The van der Waals surface area contributed by atoms with E-state index >= 15 is 0 Å². The van der Waals surface area contributed by atoms with E-state index in [4.69, 9.17) is 4.74 Å². The van der Waals surface area contributed by atoms with Gasteiger partial charge in [-0.25, -0.2) is 0 Å². The molecule has 2 rings (SSSR count). The van der Waals surface area contributed by atoms with Gasteiger partial charge in [-0.05, 0) is 10.6 Å². The molecule has 2 aromatic carbocycles. The van der Waals surface area contributed by atoms with Crippen molar-refractivity contribution >= 4 is 37.1 Å². The maximum absolute atomic E-state index is 11.2. The first-order chi connectivity index (χ1) is 9.18. The number of carbonyl (C=O) groups is 1. The number of rotatable bonds is 4. The Balaban J connectivity index is 2.37. The van der Waals surface area contributed by atoms with Crippen LogP contribution in [0.5, 0.6) is 0 Å².